The lowest BCUT2D eigenvalue weighted by Gasteiger charge is -2.19. The van der Waals surface area contributed by atoms with E-state index in [1.54, 1.807) is 5.38 Å². The van der Waals surface area contributed by atoms with Gasteiger partial charge in [-0.1, -0.05) is 12.8 Å². The van der Waals surface area contributed by atoms with Crippen LogP contribution >= 0.6 is 11.3 Å². The van der Waals surface area contributed by atoms with Crippen molar-refractivity contribution in [3.8, 4) is 0 Å². The highest BCUT2D eigenvalue weighted by atomic mass is 32.1. The summed E-state index contributed by atoms with van der Waals surface area (Å²) in [5.41, 5.74) is 3.94. The van der Waals surface area contributed by atoms with Gasteiger partial charge in [0.25, 0.3) is 17.7 Å². The molecule has 6 heteroatoms. The zero-order valence-electron chi connectivity index (χ0n) is 12.1. The Morgan fingerprint density at radius 2 is 1.76 bits per heavy atom. The maximum absolute atomic E-state index is 12.3. The number of aryl methyl sites for hydroxylation is 1. The van der Waals surface area contributed by atoms with Crippen LogP contribution in [-0.2, 0) is 9.59 Å². The number of rotatable bonds is 2. The summed E-state index contributed by atoms with van der Waals surface area (Å²) in [6.07, 6.45) is 3.45. The first kappa shape index (κ1) is 14.3. The molecule has 3 amide bonds. The van der Waals surface area contributed by atoms with Crippen molar-refractivity contribution in [2.45, 2.75) is 39.5 Å². The van der Waals surface area contributed by atoms with Crippen molar-refractivity contribution in [2.75, 3.05) is 0 Å². The maximum Gasteiger partial charge on any atom is 0.271 e. The van der Waals surface area contributed by atoms with E-state index < -0.39 is 0 Å². The van der Waals surface area contributed by atoms with E-state index in [4.69, 9.17) is 0 Å². The summed E-state index contributed by atoms with van der Waals surface area (Å²) in [4.78, 5) is 37.9. The molecule has 2 heterocycles. The Bertz CT molecular complexity index is 598. The lowest BCUT2D eigenvalue weighted by molar-refractivity contribution is -0.142. The monoisotopic (exact) mass is 306 g/mol. The number of nitrogens with one attached hydrogen (secondary N) is 1. The van der Waals surface area contributed by atoms with Gasteiger partial charge in [-0.2, -0.15) is 5.01 Å². The molecule has 112 valence electrons. The molecule has 1 aromatic rings. The van der Waals surface area contributed by atoms with Crippen LogP contribution in [0, 0.1) is 25.7 Å². The average molecular weight is 306 g/mol. The largest absolute Gasteiger partial charge is 0.272 e. The summed E-state index contributed by atoms with van der Waals surface area (Å²) in [6.45, 7) is 3.81. The predicted octanol–water partition coefficient (Wildman–Crippen LogP) is 2.18. The number of nitrogens with zero attached hydrogens (tertiary/aromatic N) is 1. The summed E-state index contributed by atoms with van der Waals surface area (Å²) in [7, 11) is 0. The van der Waals surface area contributed by atoms with Gasteiger partial charge in [-0.3, -0.25) is 19.8 Å². The summed E-state index contributed by atoms with van der Waals surface area (Å²) in [6, 6.07) is 0. The van der Waals surface area contributed by atoms with E-state index in [1.165, 1.54) is 11.3 Å². The molecule has 1 aromatic heterocycles. The zero-order chi connectivity index (χ0) is 15.1. The highest BCUT2D eigenvalue weighted by Gasteiger charge is 2.49. The van der Waals surface area contributed by atoms with Crippen molar-refractivity contribution < 1.29 is 14.4 Å². The van der Waals surface area contributed by atoms with Crippen molar-refractivity contribution in [1.82, 2.24) is 10.4 Å². The molecule has 1 aliphatic heterocycles. The van der Waals surface area contributed by atoms with Gasteiger partial charge in [0.05, 0.1) is 17.4 Å². The summed E-state index contributed by atoms with van der Waals surface area (Å²) >= 11 is 1.49. The highest BCUT2D eigenvalue weighted by molar-refractivity contribution is 7.10. The van der Waals surface area contributed by atoms with Gasteiger partial charge in [0.15, 0.2) is 0 Å². The van der Waals surface area contributed by atoms with Gasteiger partial charge in [0.2, 0.25) is 0 Å². The van der Waals surface area contributed by atoms with Crippen LogP contribution in [0.4, 0.5) is 0 Å². The minimum absolute atomic E-state index is 0.239. The summed E-state index contributed by atoms with van der Waals surface area (Å²) in [5.74, 6) is -1.35. The van der Waals surface area contributed by atoms with Crippen LogP contribution in [0.1, 0.15) is 46.5 Å². The van der Waals surface area contributed by atoms with Crippen molar-refractivity contribution in [1.29, 1.82) is 0 Å². The lowest BCUT2D eigenvalue weighted by Crippen LogP contribution is -2.46. The van der Waals surface area contributed by atoms with Crippen LogP contribution in [0.25, 0.3) is 0 Å². The second-order valence-corrected chi connectivity index (χ2v) is 6.86. The third kappa shape index (κ3) is 2.27. The molecule has 2 fully saturated rings. The molecule has 1 saturated heterocycles. The molecule has 2 aliphatic rings. The highest BCUT2D eigenvalue weighted by Crippen LogP contribution is 2.37. The Balaban J connectivity index is 1.78. The van der Waals surface area contributed by atoms with E-state index in [-0.39, 0.29) is 29.6 Å². The van der Waals surface area contributed by atoms with E-state index >= 15 is 0 Å². The van der Waals surface area contributed by atoms with Gasteiger partial charge in [0, 0.05) is 10.3 Å². The molecule has 1 aliphatic carbocycles. The number of imide groups is 1. The van der Waals surface area contributed by atoms with Crippen LogP contribution in [0.2, 0.25) is 0 Å². The number of hydrogen-bond donors (Lipinski definition) is 1. The molecule has 21 heavy (non-hydrogen) atoms. The number of hydrazine groups is 1. The Kier molecular flexibility index (Phi) is 3.57. The topological polar surface area (TPSA) is 66.5 Å². The van der Waals surface area contributed by atoms with E-state index in [0.29, 0.717) is 5.56 Å². The van der Waals surface area contributed by atoms with Gasteiger partial charge in [-0.25, -0.2) is 0 Å². The number of amides is 3. The number of carbonyl (C=O) groups is 3. The fourth-order valence-electron chi connectivity index (χ4n) is 3.17. The molecule has 5 nitrogen and oxygen atoms in total. The molecule has 3 rings (SSSR count). The smallest absolute Gasteiger partial charge is 0.271 e. The molecule has 0 aromatic carbocycles. The zero-order valence-corrected chi connectivity index (χ0v) is 13.0. The molecule has 0 radical (unpaired) electrons. The second-order valence-electron chi connectivity index (χ2n) is 5.78. The predicted molar refractivity (Wildman–Crippen MR) is 78.6 cm³/mol. The first-order valence-corrected chi connectivity index (χ1v) is 8.12. The molecular formula is C15H18N2O3S. The third-order valence-electron chi connectivity index (χ3n) is 4.58. The molecule has 1 N–H and O–H groups in total. The van der Waals surface area contributed by atoms with Crippen LogP contribution in [0.15, 0.2) is 5.38 Å². The first-order valence-electron chi connectivity index (χ1n) is 7.24. The van der Waals surface area contributed by atoms with Crippen molar-refractivity contribution in [3.63, 3.8) is 0 Å². The molecule has 1 saturated carbocycles. The standard InChI is InChI=1S/C15H18N2O3S/c1-8-9(2)21-7-12(8)13(18)16-17-14(19)10-5-3-4-6-11(10)15(17)20/h7,10-11H,3-6H2,1-2H3,(H,16,18)/t10-,11-/m0/s1. The summed E-state index contributed by atoms with van der Waals surface area (Å²) in [5, 5.41) is 2.72. The second kappa shape index (κ2) is 5.26. The molecular weight excluding hydrogens is 288 g/mol. The van der Waals surface area contributed by atoms with Gasteiger partial charge in [0.1, 0.15) is 0 Å². The van der Waals surface area contributed by atoms with Crippen LogP contribution < -0.4 is 5.43 Å². The van der Waals surface area contributed by atoms with Crippen molar-refractivity contribution in [3.05, 3.63) is 21.4 Å². The third-order valence-corrected chi connectivity index (χ3v) is 5.60. The lowest BCUT2D eigenvalue weighted by atomic mass is 9.81. The van der Waals surface area contributed by atoms with Gasteiger partial charge in [-0.15, -0.1) is 11.3 Å². The fourth-order valence-corrected chi connectivity index (χ4v) is 4.04. The number of carbonyl (C=O) groups excluding carboxylic acids is 3. The normalized spacial score (nSPS) is 25.1. The minimum Gasteiger partial charge on any atom is -0.272 e. The number of hydrogen-bond acceptors (Lipinski definition) is 4. The van der Waals surface area contributed by atoms with E-state index in [1.807, 2.05) is 13.8 Å². The van der Waals surface area contributed by atoms with Crippen molar-refractivity contribution in [2.24, 2.45) is 11.8 Å². The Labute approximate surface area is 127 Å². The first-order chi connectivity index (χ1) is 10.0. The molecule has 2 atom stereocenters. The molecule has 0 bridgehead atoms. The number of fused-ring (bicyclic) bond motifs is 1. The van der Waals surface area contributed by atoms with E-state index in [9.17, 15) is 14.4 Å². The quantitative estimate of drug-likeness (QED) is 0.852. The Morgan fingerprint density at radius 3 is 2.24 bits per heavy atom. The SMILES string of the molecule is Cc1scc(C(=O)NN2C(=O)[C@H]3CCCC[C@@H]3C2=O)c1C. The van der Waals surface area contributed by atoms with Crippen LogP contribution in [0.3, 0.4) is 0 Å². The molecule has 0 unspecified atom stereocenters. The Morgan fingerprint density at radius 1 is 1.19 bits per heavy atom. The van der Waals surface area contributed by atoms with Crippen molar-refractivity contribution >= 4 is 29.1 Å². The molecule has 0 spiro atoms. The summed E-state index contributed by atoms with van der Waals surface area (Å²) < 4.78 is 0. The van der Waals surface area contributed by atoms with E-state index in [0.717, 1.165) is 41.1 Å². The average Bonchev–Trinajstić information content (AvgIpc) is 2.93. The number of thiophene rings is 1. The van der Waals surface area contributed by atoms with Crippen LogP contribution in [0.5, 0.6) is 0 Å². The van der Waals surface area contributed by atoms with Gasteiger partial charge in [-0.05, 0) is 32.3 Å². The van der Waals surface area contributed by atoms with Gasteiger partial charge < -0.3 is 0 Å². The fraction of sp³-hybridized carbons (Fsp3) is 0.533. The van der Waals surface area contributed by atoms with Crippen LogP contribution in [-0.4, -0.2) is 22.7 Å². The van der Waals surface area contributed by atoms with E-state index in [2.05, 4.69) is 5.43 Å². The van der Waals surface area contributed by atoms with Gasteiger partial charge >= 0.3 is 0 Å². The maximum atomic E-state index is 12.3. The minimum atomic E-state index is -0.378. The Hall–Kier alpha value is -1.69.